The maximum absolute atomic E-state index is 12.4. The van der Waals surface area contributed by atoms with Crippen LogP contribution < -0.4 is 10.4 Å². The van der Waals surface area contributed by atoms with Gasteiger partial charge in [-0.2, -0.15) is 0 Å². The molecule has 2 aromatic carbocycles. The number of benzene rings is 2. The van der Waals surface area contributed by atoms with Gasteiger partial charge in [0, 0.05) is 30.1 Å². The van der Waals surface area contributed by atoms with Crippen molar-refractivity contribution in [3.63, 3.8) is 0 Å². The van der Waals surface area contributed by atoms with Gasteiger partial charge in [-0.05, 0) is 38.1 Å². The van der Waals surface area contributed by atoms with Crippen LogP contribution >= 0.6 is 0 Å². The third-order valence-corrected chi connectivity index (χ3v) is 4.72. The average molecular weight is 374 g/mol. The molecule has 142 valence electrons. The second-order valence-electron chi connectivity index (χ2n) is 6.51. The van der Waals surface area contributed by atoms with E-state index in [2.05, 4.69) is 5.10 Å². The highest BCUT2D eigenvalue weighted by molar-refractivity contribution is 5.95. The first-order valence-corrected chi connectivity index (χ1v) is 9.39. The lowest BCUT2D eigenvalue weighted by molar-refractivity contribution is 0.340. The van der Waals surface area contributed by atoms with Gasteiger partial charge in [-0.25, -0.2) is 14.5 Å². The van der Waals surface area contributed by atoms with Crippen molar-refractivity contribution in [3.05, 3.63) is 65.1 Å². The number of ether oxygens (including phenoxy) is 1. The Morgan fingerprint density at radius 3 is 2.64 bits per heavy atom. The molecule has 0 N–H and O–H groups in total. The molecule has 0 radical (unpaired) electrons. The summed E-state index contributed by atoms with van der Waals surface area (Å²) < 4.78 is 8.70. The molecule has 6 heteroatoms. The second kappa shape index (κ2) is 7.31. The smallest absolute Gasteiger partial charge is 0.345 e. The number of pyridine rings is 1. The third-order valence-electron chi connectivity index (χ3n) is 4.72. The van der Waals surface area contributed by atoms with E-state index >= 15 is 0 Å². The van der Waals surface area contributed by atoms with Crippen molar-refractivity contribution in [2.45, 2.75) is 20.4 Å². The number of aromatic nitrogens is 4. The highest BCUT2D eigenvalue weighted by Gasteiger charge is 2.17. The number of hydrogen-bond acceptors (Lipinski definition) is 4. The summed E-state index contributed by atoms with van der Waals surface area (Å²) >= 11 is 0. The topological polar surface area (TPSA) is 61.9 Å². The summed E-state index contributed by atoms with van der Waals surface area (Å²) in [6.07, 6.45) is 0. The van der Waals surface area contributed by atoms with Gasteiger partial charge in [0.05, 0.1) is 17.8 Å². The number of nitrogens with zero attached hydrogens (tertiary/aromatic N) is 4. The molecule has 2 aromatic heterocycles. The minimum atomic E-state index is -0.127. The third kappa shape index (κ3) is 3.07. The van der Waals surface area contributed by atoms with Gasteiger partial charge >= 0.3 is 5.69 Å². The molecule has 0 bridgehead atoms. The molecule has 0 aliphatic carbocycles. The van der Waals surface area contributed by atoms with Crippen molar-refractivity contribution >= 4 is 10.9 Å². The summed E-state index contributed by atoms with van der Waals surface area (Å²) in [6, 6.07) is 17.8. The van der Waals surface area contributed by atoms with Crippen molar-refractivity contribution in [3.8, 4) is 28.4 Å². The van der Waals surface area contributed by atoms with E-state index in [1.165, 1.54) is 4.68 Å². The van der Waals surface area contributed by atoms with Crippen LogP contribution in [0, 0.1) is 0 Å². The van der Waals surface area contributed by atoms with E-state index in [1.807, 2.05) is 68.4 Å². The number of hydrogen-bond donors (Lipinski definition) is 0. The van der Waals surface area contributed by atoms with Crippen molar-refractivity contribution in [1.29, 1.82) is 0 Å². The lowest BCUT2D eigenvalue weighted by atomic mass is 10.0. The normalized spacial score (nSPS) is 11.1. The Morgan fingerprint density at radius 2 is 1.86 bits per heavy atom. The number of rotatable bonds is 5. The zero-order valence-electron chi connectivity index (χ0n) is 16.2. The molecule has 0 saturated carbocycles. The number of fused-ring (bicyclic) bond motifs is 1. The van der Waals surface area contributed by atoms with E-state index in [-0.39, 0.29) is 5.69 Å². The Morgan fingerprint density at radius 1 is 1.04 bits per heavy atom. The Balaban J connectivity index is 1.98. The van der Waals surface area contributed by atoms with Crippen molar-refractivity contribution < 1.29 is 4.74 Å². The van der Waals surface area contributed by atoms with Gasteiger partial charge in [0.2, 0.25) is 0 Å². The van der Waals surface area contributed by atoms with Crippen LogP contribution in [0.25, 0.3) is 33.5 Å². The monoisotopic (exact) mass is 374 g/mol. The van der Waals surface area contributed by atoms with Crippen molar-refractivity contribution in [1.82, 2.24) is 19.3 Å². The van der Waals surface area contributed by atoms with Gasteiger partial charge in [-0.3, -0.25) is 4.57 Å². The van der Waals surface area contributed by atoms with Crippen LogP contribution in [0.5, 0.6) is 5.75 Å². The van der Waals surface area contributed by atoms with E-state index in [0.717, 1.165) is 33.5 Å². The predicted molar refractivity (Wildman–Crippen MR) is 110 cm³/mol. The summed E-state index contributed by atoms with van der Waals surface area (Å²) in [5, 5.41) is 5.46. The van der Waals surface area contributed by atoms with E-state index in [0.29, 0.717) is 19.0 Å². The first-order chi connectivity index (χ1) is 13.6. The van der Waals surface area contributed by atoms with Crippen molar-refractivity contribution in [2.24, 2.45) is 7.05 Å². The van der Waals surface area contributed by atoms with Gasteiger partial charge in [0.15, 0.2) is 5.82 Å². The first kappa shape index (κ1) is 18.0. The Kier molecular flexibility index (Phi) is 4.69. The van der Waals surface area contributed by atoms with Gasteiger partial charge in [0.1, 0.15) is 5.75 Å². The Bertz CT molecular complexity index is 1210. The lowest BCUT2D eigenvalue weighted by Crippen LogP contribution is -2.22. The van der Waals surface area contributed by atoms with Crippen LogP contribution in [-0.2, 0) is 13.6 Å². The van der Waals surface area contributed by atoms with Crippen LogP contribution in [0.1, 0.15) is 13.8 Å². The fraction of sp³-hybridized carbons (Fsp3) is 0.227. The first-order valence-electron chi connectivity index (χ1n) is 9.39. The van der Waals surface area contributed by atoms with E-state index in [1.54, 1.807) is 11.6 Å². The van der Waals surface area contributed by atoms with E-state index < -0.39 is 0 Å². The predicted octanol–water partition coefficient (Wildman–Crippen LogP) is 3.88. The molecular weight excluding hydrogens is 352 g/mol. The van der Waals surface area contributed by atoms with Gasteiger partial charge in [-0.1, -0.05) is 30.3 Å². The van der Waals surface area contributed by atoms with E-state index in [4.69, 9.17) is 9.72 Å². The van der Waals surface area contributed by atoms with Crippen LogP contribution in [0.15, 0.2) is 59.4 Å². The van der Waals surface area contributed by atoms with Crippen LogP contribution in [0.2, 0.25) is 0 Å². The highest BCUT2D eigenvalue weighted by atomic mass is 16.5. The fourth-order valence-electron chi connectivity index (χ4n) is 3.41. The Hall–Kier alpha value is -3.41. The van der Waals surface area contributed by atoms with Gasteiger partial charge < -0.3 is 4.74 Å². The fourth-order valence-corrected chi connectivity index (χ4v) is 3.41. The zero-order valence-corrected chi connectivity index (χ0v) is 16.2. The van der Waals surface area contributed by atoms with Gasteiger partial charge in [-0.15, -0.1) is 5.10 Å². The summed E-state index contributed by atoms with van der Waals surface area (Å²) in [5.74, 6) is 1.45. The van der Waals surface area contributed by atoms with Crippen molar-refractivity contribution in [2.75, 3.05) is 6.61 Å². The average Bonchev–Trinajstić information content (AvgIpc) is 3.01. The molecule has 2 heterocycles. The SMILES string of the molecule is CCOc1cccc(-c2cc(-c3nn(C)c(=O)n3CC)c3ccccc3n2)c1. The minimum absolute atomic E-state index is 0.127. The molecule has 0 aliphatic heterocycles. The molecular formula is C22H22N4O2. The summed E-state index contributed by atoms with van der Waals surface area (Å²) in [5.41, 5.74) is 3.40. The molecule has 28 heavy (non-hydrogen) atoms. The molecule has 0 fully saturated rings. The number of aryl methyl sites for hydroxylation is 1. The molecule has 0 atom stereocenters. The molecule has 0 amide bonds. The highest BCUT2D eigenvalue weighted by Crippen LogP contribution is 2.31. The molecule has 4 rings (SSSR count). The summed E-state index contributed by atoms with van der Waals surface area (Å²) in [7, 11) is 1.67. The zero-order chi connectivity index (χ0) is 19.7. The van der Waals surface area contributed by atoms with Gasteiger partial charge in [0.25, 0.3) is 0 Å². The van der Waals surface area contributed by atoms with Crippen LogP contribution in [-0.4, -0.2) is 25.9 Å². The molecule has 0 spiro atoms. The summed E-state index contributed by atoms with van der Waals surface area (Å²) in [6.45, 7) is 5.07. The molecule has 0 aliphatic rings. The number of para-hydroxylation sites is 1. The minimum Gasteiger partial charge on any atom is -0.494 e. The lowest BCUT2D eigenvalue weighted by Gasteiger charge is -2.11. The maximum atomic E-state index is 12.4. The van der Waals surface area contributed by atoms with Crippen LogP contribution in [0.3, 0.4) is 0 Å². The quantitative estimate of drug-likeness (QED) is 0.532. The second-order valence-corrected chi connectivity index (χ2v) is 6.51. The molecule has 0 saturated heterocycles. The Labute approximate surface area is 163 Å². The largest absolute Gasteiger partial charge is 0.494 e. The standard InChI is InChI=1S/C22H22N4O2/c1-4-26-21(24-25(3)22(26)27)18-14-20(23-19-12-7-6-11-17(18)19)15-9-8-10-16(13-15)28-5-2/h6-14H,4-5H2,1-3H3. The molecule has 6 nitrogen and oxygen atoms in total. The summed E-state index contributed by atoms with van der Waals surface area (Å²) in [4.78, 5) is 17.3. The molecule has 4 aromatic rings. The molecule has 0 unspecified atom stereocenters. The van der Waals surface area contributed by atoms with E-state index in [9.17, 15) is 4.79 Å². The van der Waals surface area contributed by atoms with Crippen LogP contribution in [0.4, 0.5) is 0 Å². The maximum Gasteiger partial charge on any atom is 0.345 e.